The predicted molar refractivity (Wildman–Crippen MR) is 72.8 cm³/mol. The van der Waals surface area contributed by atoms with E-state index in [-0.39, 0.29) is 11.3 Å². The van der Waals surface area contributed by atoms with Crippen LogP contribution in [-0.2, 0) is 4.79 Å². The molecule has 0 fully saturated rings. The molecule has 2 aromatic rings. The number of anilines is 1. The Morgan fingerprint density at radius 2 is 2.14 bits per heavy atom. The third-order valence-electron chi connectivity index (χ3n) is 2.54. The smallest absolute Gasteiger partial charge is 0.266 e. The summed E-state index contributed by atoms with van der Waals surface area (Å²) in [7, 11) is 0. The summed E-state index contributed by atoms with van der Waals surface area (Å²) in [6, 6.07) is 7.78. The standard InChI is InChI=1S/C15H9F2N3O/c16-12-3-4-14(13(17)7-12)20-15(21)11(8-18)6-10-2-1-5-19-9-10/h1-7,9H,(H,20,21)/b11-6+. The molecule has 0 atom stereocenters. The number of nitrogens with zero attached hydrogens (tertiary/aromatic N) is 2. The van der Waals surface area contributed by atoms with E-state index in [2.05, 4.69) is 10.3 Å². The van der Waals surface area contributed by atoms with Gasteiger partial charge in [-0.2, -0.15) is 5.26 Å². The lowest BCUT2D eigenvalue weighted by Crippen LogP contribution is -2.14. The third-order valence-corrected chi connectivity index (χ3v) is 2.54. The van der Waals surface area contributed by atoms with Gasteiger partial charge in [-0.1, -0.05) is 6.07 Å². The van der Waals surface area contributed by atoms with Gasteiger partial charge >= 0.3 is 0 Å². The van der Waals surface area contributed by atoms with Crippen molar-refractivity contribution in [1.82, 2.24) is 4.98 Å². The van der Waals surface area contributed by atoms with Gasteiger partial charge in [-0.15, -0.1) is 0 Å². The van der Waals surface area contributed by atoms with E-state index in [1.165, 1.54) is 12.3 Å². The van der Waals surface area contributed by atoms with Crippen LogP contribution in [0.15, 0.2) is 48.3 Å². The minimum Gasteiger partial charge on any atom is -0.319 e. The van der Waals surface area contributed by atoms with Gasteiger partial charge in [0.1, 0.15) is 23.3 Å². The third kappa shape index (κ3) is 3.70. The Labute approximate surface area is 119 Å². The van der Waals surface area contributed by atoms with Crippen molar-refractivity contribution in [3.8, 4) is 6.07 Å². The highest BCUT2D eigenvalue weighted by molar-refractivity contribution is 6.09. The molecule has 0 aliphatic carbocycles. The second-order valence-electron chi connectivity index (χ2n) is 4.03. The maximum Gasteiger partial charge on any atom is 0.266 e. The number of halogens is 2. The summed E-state index contributed by atoms with van der Waals surface area (Å²) < 4.78 is 26.2. The van der Waals surface area contributed by atoms with Gasteiger partial charge in [0.05, 0.1) is 5.69 Å². The van der Waals surface area contributed by atoms with Crippen LogP contribution in [0.5, 0.6) is 0 Å². The number of pyridine rings is 1. The number of carbonyl (C=O) groups excluding carboxylic acids is 1. The Balaban J connectivity index is 2.22. The average molecular weight is 285 g/mol. The minimum absolute atomic E-state index is 0.200. The minimum atomic E-state index is -0.915. The predicted octanol–water partition coefficient (Wildman–Crippen LogP) is 2.91. The lowest BCUT2D eigenvalue weighted by Gasteiger charge is -2.05. The lowest BCUT2D eigenvalue weighted by molar-refractivity contribution is -0.112. The Morgan fingerprint density at radius 1 is 1.33 bits per heavy atom. The van der Waals surface area contributed by atoms with Gasteiger partial charge in [0.2, 0.25) is 0 Å². The molecule has 21 heavy (non-hydrogen) atoms. The molecule has 0 aliphatic rings. The maximum absolute atomic E-state index is 13.4. The zero-order chi connectivity index (χ0) is 15.2. The summed E-state index contributed by atoms with van der Waals surface area (Å²) in [6.45, 7) is 0. The first kappa shape index (κ1) is 14.3. The molecule has 0 bridgehead atoms. The van der Waals surface area contributed by atoms with Crippen LogP contribution in [0.3, 0.4) is 0 Å². The quantitative estimate of drug-likeness (QED) is 0.696. The highest BCUT2D eigenvalue weighted by atomic mass is 19.1. The number of carbonyl (C=O) groups is 1. The Kier molecular flexibility index (Phi) is 4.36. The Bertz CT molecular complexity index is 736. The highest BCUT2D eigenvalue weighted by Gasteiger charge is 2.12. The molecule has 4 nitrogen and oxygen atoms in total. The van der Waals surface area contributed by atoms with Crippen LogP contribution < -0.4 is 5.32 Å². The van der Waals surface area contributed by atoms with Crippen LogP contribution in [0.1, 0.15) is 5.56 Å². The van der Waals surface area contributed by atoms with Gasteiger partial charge in [0.15, 0.2) is 0 Å². The molecule has 104 valence electrons. The van der Waals surface area contributed by atoms with Gasteiger partial charge in [0, 0.05) is 18.5 Å². The molecule has 1 aromatic carbocycles. The number of nitriles is 1. The number of benzene rings is 1. The number of aromatic nitrogens is 1. The zero-order valence-electron chi connectivity index (χ0n) is 10.7. The number of nitrogens with one attached hydrogen (secondary N) is 1. The van der Waals surface area contributed by atoms with Crippen LogP contribution in [0.2, 0.25) is 0 Å². The largest absolute Gasteiger partial charge is 0.319 e. The molecule has 1 aromatic heterocycles. The fourth-order valence-corrected chi connectivity index (χ4v) is 1.56. The number of rotatable bonds is 3. The topological polar surface area (TPSA) is 65.8 Å². The monoisotopic (exact) mass is 285 g/mol. The van der Waals surface area contributed by atoms with E-state index in [9.17, 15) is 13.6 Å². The van der Waals surface area contributed by atoms with Gasteiger partial charge < -0.3 is 5.32 Å². The number of hydrogen-bond donors (Lipinski definition) is 1. The molecular weight excluding hydrogens is 276 g/mol. The fourth-order valence-electron chi connectivity index (χ4n) is 1.56. The van der Waals surface area contributed by atoms with Crippen molar-refractivity contribution >= 4 is 17.7 Å². The number of hydrogen-bond acceptors (Lipinski definition) is 3. The normalized spacial score (nSPS) is 10.8. The fraction of sp³-hybridized carbons (Fsp3) is 0. The number of amides is 1. The van der Waals surface area contributed by atoms with Crippen molar-refractivity contribution in [2.45, 2.75) is 0 Å². The summed E-state index contributed by atoms with van der Waals surface area (Å²) in [5.41, 5.74) is 0.143. The van der Waals surface area contributed by atoms with E-state index in [4.69, 9.17) is 5.26 Å². The maximum atomic E-state index is 13.4. The summed E-state index contributed by atoms with van der Waals surface area (Å²) in [4.78, 5) is 15.8. The van der Waals surface area contributed by atoms with E-state index in [0.717, 1.165) is 12.1 Å². The zero-order valence-corrected chi connectivity index (χ0v) is 10.7. The molecule has 0 aliphatic heterocycles. The Hall–Kier alpha value is -3.07. The van der Waals surface area contributed by atoms with Gasteiger partial charge in [-0.3, -0.25) is 9.78 Å². The Morgan fingerprint density at radius 3 is 2.76 bits per heavy atom. The first-order valence-electron chi connectivity index (χ1n) is 5.88. The molecule has 0 saturated carbocycles. The van der Waals surface area contributed by atoms with E-state index >= 15 is 0 Å². The summed E-state index contributed by atoms with van der Waals surface area (Å²) in [6.07, 6.45) is 4.35. The summed E-state index contributed by atoms with van der Waals surface area (Å²) in [5.74, 6) is -2.45. The molecule has 0 unspecified atom stereocenters. The van der Waals surface area contributed by atoms with Gasteiger partial charge in [-0.05, 0) is 29.8 Å². The van der Waals surface area contributed by atoms with Crippen LogP contribution in [0.4, 0.5) is 14.5 Å². The van der Waals surface area contributed by atoms with Crippen molar-refractivity contribution < 1.29 is 13.6 Å². The van der Waals surface area contributed by atoms with Gasteiger partial charge in [0.25, 0.3) is 5.91 Å². The lowest BCUT2D eigenvalue weighted by atomic mass is 10.1. The van der Waals surface area contributed by atoms with Crippen molar-refractivity contribution in [2.75, 3.05) is 5.32 Å². The van der Waals surface area contributed by atoms with Crippen LogP contribution in [0, 0.1) is 23.0 Å². The van der Waals surface area contributed by atoms with E-state index in [1.807, 2.05) is 0 Å². The van der Waals surface area contributed by atoms with E-state index in [1.54, 1.807) is 24.4 Å². The summed E-state index contributed by atoms with van der Waals surface area (Å²) >= 11 is 0. The first-order chi connectivity index (χ1) is 10.1. The second kappa shape index (κ2) is 6.39. The van der Waals surface area contributed by atoms with Gasteiger partial charge in [-0.25, -0.2) is 8.78 Å². The SMILES string of the molecule is N#C/C(=C\c1cccnc1)C(=O)Nc1ccc(F)cc1F. The average Bonchev–Trinajstić information content (AvgIpc) is 2.48. The molecular formula is C15H9F2N3O. The molecule has 0 spiro atoms. The first-order valence-corrected chi connectivity index (χ1v) is 5.88. The second-order valence-corrected chi connectivity index (χ2v) is 4.03. The molecule has 0 saturated heterocycles. The van der Waals surface area contributed by atoms with Crippen LogP contribution in [-0.4, -0.2) is 10.9 Å². The van der Waals surface area contributed by atoms with Crippen molar-refractivity contribution in [3.63, 3.8) is 0 Å². The molecule has 6 heteroatoms. The van der Waals surface area contributed by atoms with Crippen molar-refractivity contribution in [3.05, 3.63) is 65.5 Å². The van der Waals surface area contributed by atoms with E-state index in [0.29, 0.717) is 11.6 Å². The molecule has 2 rings (SSSR count). The molecule has 1 heterocycles. The van der Waals surface area contributed by atoms with Crippen molar-refractivity contribution in [1.29, 1.82) is 5.26 Å². The van der Waals surface area contributed by atoms with Crippen LogP contribution >= 0.6 is 0 Å². The highest BCUT2D eigenvalue weighted by Crippen LogP contribution is 2.16. The van der Waals surface area contributed by atoms with Crippen molar-refractivity contribution in [2.24, 2.45) is 0 Å². The molecule has 1 N–H and O–H groups in total. The molecule has 0 radical (unpaired) electrons. The van der Waals surface area contributed by atoms with Crippen LogP contribution in [0.25, 0.3) is 6.08 Å². The summed E-state index contributed by atoms with van der Waals surface area (Å²) in [5, 5.41) is 11.2. The molecule has 1 amide bonds. The van der Waals surface area contributed by atoms with E-state index < -0.39 is 17.5 Å².